The maximum Gasteiger partial charge on any atom is 0.258 e. The maximum absolute atomic E-state index is 12.4. The quantitative estimate of drug-likeness (QED) is 0.913. The van der Waals surface area contributed by atoms with E-state index in [1.54, 1.807) is 30.6 Å². The van der Waals surface area contributed by atoms with Gasteiger partial charge < -0.3 is 19.7 Å². The number of piperidine rings is 1. The second-order valence-corrected chi connectivity index (χ2v) is 6.78. The molecule has 0 saturated carbocycles. The molecule has 26 heavy (non-hydrogen) atoms. The molecule has 7 nitrogen and oxygen atoms in total. The molecule has 1 aromatic carbocycles. The van der Waals surface area contributed by atoms with Crippen molar-refractivity contribution in [1.29, 1.82) is 0 Å². The SMILES string of the molecule is CC1CCCN(c2ncc(C(=O)Nc3ccc4c(c3)OCCO4)cn2)C1. The van der Waals surface area contributed by atoms with Crippen molar-refractivity contribution in [2.45, 2.75) is 19.8 Å². The minimum absolute atomic E-state index is 0.250. The van der Waals surface area contributed by atoms with E-state index in [0.717, 1.165) is 19.5 Å². The Hall–Kier alpha value is -2.83. The van der Waals surface area contributed by atoms with Crippen molar-refractivity contribution >= 4 is 17.5 Å². The molecule has 2 aromatic rings. The largest absolute Gasteiger partial charge is 0.486 e. The van der Waals surface area contributed by atoms with Crippen LogP contribution in [0.25, 0.3) is 0 Å². The number of carbonyl (C=O) groups is 1. The van der Waals surface area contributed by atoms with Crippen LogP contribution in [0.4, 0.5) is 11.6 Å². The summed E-state index contributed by atoms with van der Waals surface area (Å²) in [6.45, 7) is 5.21. The fourth-order valence-electron chi connectivity index (χ4n) is 3.30. The Kier molecular flexibility index (Phi) is 4.60. The van der Waals surface area contributed by atoms with Gasteiger partial charge in [-0.25, -0.2) is 9.97 Å². The molecule has 0 bridgehead atoms. The third-order valence-electron chi connectivity index (χ3n) is 4.64. The summed E-state index contributed by atoms with van der Waals surface area (Å²) in [5.41, 5.74) is 1.07. The summed E-state index contributed by atoms with van der Waals surface area (Å²) >= 11 is 0. The lowest BCUT2D eigenvalue weighted by atomic mass is 10.0. The number of hydrogen-bond acceptors (Lipinski definition) is 6. The van der Waals surface area contributed by atoms with Crippen LogP contribution in [0.5, 0.6) is 11.5 Å². The van der Waals surface area contributed by atoms with Crippen molar-refractivity contribution < 1.29 is 14.3 Å². The molecule has 0 radical (unpaired) electrons. The normalized spacial score (nSPS) is 19.1. The van der Waals surface area contributed by atoms with Crippen molar-refractivity contribution in [3.05, 3.63) is 36.2 Å². The van der Waals surface area contributed by atoms with Gasteiger partial charge in [-0.3, -0.25) is 4.79 Å². The van der Waals surface area contributed by atoms with Gasteiger partial charge in [0, 0.05) is 37.2 Å². The first-order chi connectivity index (χ1) is 12.7. The lowest BCUT2D eigenvalue weighted by molar-refractivity contribution is 0.102. The maximum atomic E-state index is 12.4. The smallest absolute Gasteiger partial charge is 0.258 e. The molecule has 7 heteroatoms. The van der Waals surface area contributed by atoms with Gasteiger partial charge in [0.2, 0.25) is 5.95 Å². The number of benzene rings is 1. The van der Waals surface area contributed by atoms with Gasteiger partial charge in [-0.05, 0) is 30.9 Å². The van der Waals surface area contributed by atoms with Crippen LogP contribution in [0.3, 0.4) is 0 Å². The first-order valence-corrected chi connectivity index (χ1v) is 8.97. The zero-order valence-electron chi connectivity index (χ0n) is 14.8. The average Bonchev–Trinajstić information content (AvgIpc) is 2.68. The molecule has 2 aliphatic heterocycles. The summed E-state index contributed by atoms with van der Waals surface area (Å²) in [6.07, 6.45) is 5.55. The van der Waals surface area contributed by atoms with Crippen molar-refractivity contribution in [3.63, 3.8) is 0 Å². The van der Waals surface area contributed by atoms with Gasteiger partial charge in [-0.15, -0.1) is 0 Å². The number of fused-ring (bicyclic) bond motifs is 1. The molecule has 0 spiro atoms. The fraction of sp³-hybridized carbons (Fsp3) is 0.421. The third kappa shape index (κ3) is 3.56. The predicted octanol–water partition coefficient (Wildman–Crippen LogP) is 2.74. The Bertz CT molecular complexity index is 794. The van der Waals surface area contributed by atoms with Crippen LogP contribution < -0.4 is 19.7 Å². The van der Waals surface area contributed by atoms with Crippen LogP contribution in [0.1, 0.15) is 30.1 Å². The summed E-state index contributed by atoms with van der Waals surface area (Å²) < 4.78 is 11.0. The van der Waals surface area contributed by atoms with Gasteiger partial charge in [0.25, 0.3) is 5.91 Å². The van der Waals surface area contributed by atoms with Gasteiger partial charge in [0.05, 0.1) is 5.56 Å². The molecule has 1 fully saturated rings. The lowest BCUT2D eigenvalue weighted by Crippen LogP contribution is -2.35. The summed E-state index contributed by atoms with van der Waals surface area (Å²) in [5.74, 6) is 2.41. The number of nitrogens with zero attached hydrogens (tertiary/aromatic N) is 3. The highest BCUT2D eigenvalue weighted by Gasteiger charge is 2.19. The van der Waals surface area contributed by atoms with Crippen LogP contribution in [0, 0.1) is 5.92 Å². The number of ether oxygens (including phenoxy) is 2. The Balaban J connectivity index is 1.43. The standard InChI is InChI=1S/C19H22N4O3/c1-13-3-2-6-23(12-13)19-20-10-14(11-21-19)18(24)22-15-4-5-16-17(9-15)26-8-7-25-16/h4-5,9-11,13H,2-3,6-8,12H2,1H3,(H,22,24). The molecular weight excluding hydrogens is 332 g/mol. The zero-order valence-corrected chi connectivity index (χ0v) is 14.8. The molecule has 0 aliphatic carbocycles. The van der Waals surface area contributed by atoms with E-state index >= 15 is 0 Å². The molecule has 4 rings (SSSR count). The van der Waals surface area contributed by atoms with Crippen molar-refractivity contribution in [2.75, 3.05) is 36.5 Å². The number of nitrogens with one attached hydrogen (secondary N) is 1. The van der Waals surface area contributed by atoms with Crippen LogP contribution in [0.15, 0.2) is 30.6 Å². The van der Waals surface area contributed by atoms with E-state index in [0.29, 0.717) is 47.8 Å². The summed E-state index contributed by atoms with van der Waals surface area (Å²) in [4.78, 5) is 23.4. The van der Waals surface area contributed by atoms with Gasteiger partial charge in [0.15, 0.2) is 11.5 Å². The first kappa shape index (κ1) is 16.6. The van der Waals surface area contributed by atoms with E-state index in [2.05, 4.69) is 27.1 Å². The third-order valence-corrected chi connectivity index (χ3v) is 4.64. The van der Waals surface area contributed by atoms with E-state index in [1.165, 1.54) is 6.42 Å². The lowest BCUT2D eigenvalue weighted by Gasteiger charge is -2.30. The van der Waals surface area contributed by atoms with Crippen molar-refractivity contribution in [2.24, 2.45) is 5.92 Å². The number of amides is 1. The number of anilines is 2. The topological polar surface area (TPSA) is 76.6 Å². The summed E-state index contributed by atoms with van der Waals surface area (Å²) in [7, 11) is 0. The summed E-state index contributed by atoms with van der Waals surface area (Å²) in [5, 5.41) is 2.85. The summed E-state index contributed by atoms with van der Waals surface area (Å²) in [6, 6.07) is 5.34. The minimum Gasteiger partial charge on any atom is -0.486 e. The van der Waals surface area contributed by atoms with E-state index in [9.17, 15) is 4.79 Å². The highest BCUT2D eigenvalue weighted by molar-refractivity contribution is 6.04. The molecule has 1 atom stereocenters. The van der Waals surface area contributed by atoms with Crippen LogP contribution in [-0.4, -0.2) is 42.2 Å². The number of aromatic nitrogens is 2. The zero-order chi connectivity index (χ0) is 17.9. The van der Waals surface area contributed by atoms with Crippen LogP contribution >= 0.6 is 0 Å². The first-order valence-electron chi connectivity index (χ1n) is 8.97. The molecule has 1 N–H and O–H groups in total. The van der Waals surface area contributed by atoms with E-state index in [-0.39, 0.29) is 5.91 Å². The second-order valence-electron chi connectivity index (χ2n) is 6.78. The van der Waals surface area contributed by atoms with E-state index < -0.39 is 0 Å². The van der Waals surface area contributed by atoms with Crippen LogP contribution in [-0.2, 0) is 0 Å². The van der Waals surface area contributed by atoms with Gasteiger partial charge in [-0.2, -0.15) is 0 Å². The van der Waals surface area contributed by atoms with Crippen molar-refractivity contribution in [1.82, 2.24) is 9.97 Å². The van der Waals surface area contributed by atoms with Gasteiger partial charge in [-0.1, -0.05) is 6.92 Å². The van der Waals surface area contributed by atoms with E-state index in [4.69, 9.17) is 9.47 Å². The average molecular weight is 354 g/mol. The van der Waals surface area contributed by atoms with Gasteiger partial charge in [0.1, 0.15) is 13.2 Å². The molecular formula is C19H22N4O3. The highest BCUT2D eigenvalue weighted by Crippen LogP contribution is 2.32. The second kappa shape index (κ2) is 7.19. The fourth-order valence-corrected chi connectivity index (χ4v) is 3.30. The van der Waals surface area contributed by atoms with Crippen LogP contribution in [0.2, 0.25) is 0 Å². The number of carbonyl (C=O) groups excluding carboxylic acids is 1. The van der Waals surface area contributed by atoms with E-state index in [1.807, 2.05) is 0 Å². The van der Waals surface area contributed by atoms with Gasteiger partial charge >= 0.3 is 0 Å². The molecule has 3 heterocycles. The van der Waals surface area contributed by atoms with Crippen molar-refractivity contribution in [3.8, 4) is 11.5 Å². The minimum atomic E-state index is -0.250. The predicted molar refractivity (Wildman–Crippen MR) is 98.0 cm³/mol. The monoisotopic (exact) mass is 354 g/mol. The molecule has 1 unspecified atom stereocenters. The Labute approximate surface area is 152 Å². The molecule has 1 amide bonds. The number of hydrogen-bond donors (Lipinski definition) is 1. The Morgan fingerprint density at radius 2 is 1.96 bits per heavy atom. The highest BCUT2D eigenvalue weighted by atomic mass is 16.6. The molecule has 1 aromatic heterocycles. The Morgan fingerprint density at radius 1 is 1.19 bits per heavy atom. The molecule has 2 aliphatic rings. The number of rotatable bonds is 3. The Morgan fingerprint density at radius 3 is 2.73 bits per heavy atom. The molecule has 1 saturated heterocycles. The molecule has 136 valence electrons.